The van der Waals surface area contributed by atoms with E-state index >= 15 is 0 Å². The first-order valence-corrected chi connectivity index (χ1v) is 8.11. The van der Waals surface area contributed by atoms with Crippen molar-refractivity contribution in [2.45, 2.75) is 51.2 Å². The Morgan fingerprint density at radius 2 is 2.04 bits per heavy atom. The van der Waals surface area contributed by atoms with Gasteiger partial charge in [-0.1, -0.05) is 5.16 Å². The van der Waals surface area contributed by atoms with Crippen LogP contribution in [0, 0.1) is 12.8 Å². The zero-order valence-corrected chi connectivity index (χ0v) is 13.2. The minimum atomic E-state index is -0.872. The predicted octanol–water partition coefficient (Wildman–Crippen LogP) is 1.40. The zero-order chi connectivity index (χ0) is 16.4. The summed E-state index contributed by atoms with van der Waals surface area (Å²) in [5.41, 5.74) is 0.665. The standard InChI is InChI=1S/C16H22N2O5/c1-10-8-12(17-23-10)9-15(19)18-6-4-11(5-7-18)13-2-3-14(22-13)16(20)21/h8,11,13-14H,2-7,9H2,1H3,(H,20,21)/t13-,14+/m0/s1. The van der Waals surface area contributed by atoms with Crippen molar-refractivity contribution in [2.24, 2.45) is 5.92 Å². The van der Waals surface area contributed by atoms with Gasteiger partial charge in [-0.2, -0.15) is 0 Å². The van der Waals surface area contributed by atoms with E-state index < -0.39 is 12.1 Å². The molecule has 2 aliphatic heterocycles. The first-order valence-electron chi connectivity index (χ1n) is 8.11. The summed E-state index contributed by atoms with van der Waals surface area (Å²) < 4.78 is 10.6. The van der Waals surface area contributed by atoms with E-state index in [1.807, 2.05) is 4.90 Å². The van der Waals surface area contributed by atoms with Gasteiger partial charge in [-0.25, -0.2) is 4.79 Å². The molecule has 7 nitrogen and oxygen atoms in total. The Hall–Kier alpha value is -1.89. The molecule has 2 atom stereocenters. The molecule has 7 heteroatoms. The number of aryl methyl sites for hydroxylation is 1. The lowest BCUT2D eigenvalue weighted by molar-refractivity contribution is -0.151. The molecule has 1 N–H and O–H groups in total. The summed E-state index contributed by atoms with van der Waals surface area (Å²) >= 11 is 0. The van der Waals surface area contributed by atoms with Crippen LogP contribution in [0.4, 0.5) is 0 Å². The Balaban J connectivity index is 1.47. The van der Waals surface area contributed by atoms with Crippen molar-refractivity contribution in [1.82, 2.24) is 10.1 Å². The van der Waals surface area contributed by atoms with Crippen molar-refractivity contribution in [3.05, 3.63) is 17.5 Å². The normalized spacial score (nSPS) is 25.7. The monoisotopic (exact) mass is 322 g/mol. The summed E-state index contributed by atoms with van der Waals surface area (Å²) in [4.78, 5) is 25.1. The first-order chi connectivity index (χ1) is 11.0. The maximum absolute atomic E-state index is 12.3. The molecule has 2 aliphatic rings. The van der Waals surface area contributed by atoms with E-state index in [2.05, 4.69) is 5.16 Å². The van der Waals surface area contributed by atoms with Crippen LogP contribution in [0.15, 0.2) is 10.6 Å². The number of carboxylic acid groups (broad SMARTS) is 1. The second kappa shape index (κ2) is 6.70. The lowest BCUT2D eigenvalue weighted by Gasteiger charge is -2.34. The fourth-order valence-electron chi connectivity index (χ4n) is 3.48. The van der Waals surface area contributed by atoms with E-state index in [0.717, 1.165) is 19.3 Å². The van der Waals surface area contributed by atoms with Crippen LogP contribution in [0.5, 0.6) is 0 Å². The number of ether oxygens (including phenoxy) is 1. The van der Waals surface area contributed by atoms with Gasteiger partial charge in [0.15, 0.2) is 6.10 Å². The molecular weight excluding hydrogens is 300 g/mol. The van der Waals surface area contributed by atoms with Crippen LogP contribution in [0.3, 0.4) is 0 Å². The number of likely N-dealkylation sites (tertiary alicyclic amines) is 1. The Morgan fingerprint density at radius 3 is 2.61 bits per heavy atom. The lowest BCUT2D eigenvalue weighted by atomic mass is 9.89. The third-order valence-electron chi connectivity index (χ3n) is 4.76. The van der Waals surface area contributed by atoms with Gasteiger partial charge in [0.2, 0.25) is 5.91 Å². The smallest absolute Gasteiger partial charge is 0.332 e. The number of carbonyl (C=O) groups is 2. The van der Waals surface area contributed by atoms with Crippen LogP contribution in [0.1, 0.15) is 37.1 Å². The van der Waals surface area contributed by atoms with Crippen molar-refractivity contribution in [3.8, 4) is 0 Å². The molecule has 3 heterocycles. The quantitative estimate of drug-likeness (QED) is 0.900. The zero-order valence-electron chi connectivity index (χ0n) is 13.2. The molecule has 0 saturated carbocycles. The molecule has 2 fully saturated rings. The number of aromatic nitrogens is 1. The fraction of sp³-hybridized carbons (Fsp3) is 0.688. The number of piperidine rings is 1. The molecule has 1 aromatic rings. The van der Waals surface area contributed by atoms with Crippen molar-refractivity contribution in [1.29, 1.82) is 0 Å². The number of amides is 1. The highest BCUT2D eigenvalue weighted by molar-refractivity contribution is 5.78. The minimum Gasteiger partial charge on any atom is -0.479 e. The molecule has 1 amide bonds. The van der Waals surface area contributed by atoms with Gasteiger partial charge in [0.25, 0.3) is 0 Å². The van der Waals surface area contributed by atoms with Crippen molar-refractivity contribution >= 4 is 11.9 Å². The van der Waals surface area contributed by atoms with Gasteiger partial charge < -0.3 is 19.3 Å². The molecule has 3 rings (SSSR count). The SMILES string of the molecule is Cc1cc(CC(=O)N2CCC([C@@H]3CC[C@H](C(=O)O)O3)CC2)no1. The Labute approximate surface area is 134 Å². The number of rotatable bonds is 4. The highest BCUT2D eigenvalue weighted by atomic mass is 16.5. The van der Waals surface area contributed by atoms with Crippen molar-refractivity contribution < 1.29 is 24.0 Å². The van der Waals surface area contributed by atoms with Crippen LogP contribution in [0.2, 0.25) is 0 Å². The lowest BCUT2D eigenvalue weighted by Crippen LogP contribution is -2.42. The highest BCUT2D eigenvalue weighted by Gasteiger charge is 2.37. The van der Waals surface area contributed by atoms with E-state index in [-0.39, 0.29) is 18.4 Å². The van der Waals surface area contributed by atoms with Gasteiger partial charge in [0, 0.05) is 19.2 Å². The third kappa shape index (κ3) is 3.72. The van der Waals surface area contributed by atoms with E-state index in [9.17, 15) is 9.59 Å². The molecule has 0 unspecified atom stereocenters. The largest absolute Gasteiger partial charge is 0.479 e. The van der Waals surface area contributed by atoms with Crippen LogP contribution in [-0.2, 0) is 20.7 Å². The van der Waals surface area contributed by atoms with Crippen LogP contribution >= 0.6 is 0 Å². The molecule has 0 bridgehead atoms. The Kier molecular flexibility index (Phi) is 4.66. The number of aliphatic carboxylic acids is 1. The van der Waals surface area contributed by atoms with Gasteiger partial charge in [0.1, 0.15) is 5.76 Å². The number of carboxylic acids is 1. The molecule has 0 aliphatic carbocycles. The topological polar surface area (TPSA) is 92.9 Å². The van der Waals surface area contributed by atoms with Gasteiger partial charge >= 0.3 is 5.97 Å². The first kappa shape index (κ1) is 16.0. The maximum Gasteiger partial charge on any atom is 0.332 e. The fourth-order valence-corrected chi connectivity index (χ4v) is 3.48. The molecule has 2 saturated heterocycles. The van der Waals surface area contributed by atoms with Crippen LogP contribution in [0.25, 0.3) is 0 Å². The van der Waals surface area contributed by atoms with Gasteiger partial charge in [-0.3, -0.25) is 4.79 Å². The highest BCUT2D eigenvalue weighted by Crippen LogP contribution is 2.32. The van der Waals surface area contributed by atoms with E-state index in [0.29, 0.717) is 36.9 Å². The minimum absolute atomic E-state index is 0.0199. The average molecular weight is 322 g/mol. The Morgan fingerprint density at radius 1 is 1.30 bits per heavy atom. The predicted molar refractivity (Wildman–Crippen MR) is 79.8 cm³/mol. The van der Waals surface area contributed by atoms with Gasteiger partial charge in [0.05, 0.1) is 18.2 Å². The van der Waals surface area contributed by atoms with Gasteiger partial charge in [-0.05, 0) is 38.5 Å². The summed E-state index contributed by atoms with van der Waals surface area (Å²) in [6.45, 7) is 3.19. The number of hydrogen-bond acceptors (Lipinski definition) is 5. The molecule has 0 radical (unpaired) electrons. The number of carbonyl (C=O) groups excluding carboxylic acids is 1. The molecule has 1 aromatic heterocycles. The number of nitrogens with zero attached hydrogens (tertiary/aromatic N) is 2. The molecular formula is C16H22N2O5. The summed E-state index contributed by atoms with van der Waals surface area (Å²) in [7, 11) is 0. The van der Waals surface area contributed by atoms with Gasteiger partial charge in [-0.15, -0.1) is 0 Å². The van der Waals surface area contributed by atoms with E-state index in [1.54, 1.807) is 13.0 Å². The summed E-state index contributed by atoms with van der Waals surface area (Å²) in [5.74, 6) is 0.242. The maximum atomic E-state index is 12.3. The van der Waals surface area contributed by atoms with E-state index in [4.69, 9.17) is 14.4 Å². The summed E-state index contributed by atoms with van der Waals surface area (Å²) in [6.07, 6.45) is 2.74. The molecule has 126 valence electrons. The molecule has 23 heavy (non-hydrogen) atoms. The average Bonchev–Trinajstić information content (AvgIpc) is 3.17. The van der Waals surface area contributed by atoms with Crippen LogP contribution in [-0.4, -0.2) is 52.3 Å². The summed E-state index contributed by atoms with van der Waals surface area (Å²) in [5, 5.41) is 12.8. The van der Waals surface area contributed by atoms with E-state index in [1.165, 1.54) is 0 Å². The molecule has 0 aromatic carbocycles. The second-order valence-electron chi connectivity index (χ2n) is 6.40. The van der Waals surface area contributed by atoms with Crippen molar-refractivity contribution in [3.63, 3.8) is 0 Å². The summed E-state index contributed by atoms with van der Waals surface area (Å²) in [6, 6.07) is 1.78. The second-order valence-corrected chi connectivity index (χ2v) is 6.40. The number of hydrogen-bond donors (Lipinski definition) is 1. The third-order valence-corrected chi connectivity index (χ3v) is 4.76. The van der Waals surface area contributed by atoms with Crippen LogP contribution < -0.4 is 0 Å². The van der Waals surface area contributed by atoms with Crippen molar-refractivity contribution in [2.75, 3.05) is 13.1 Å². The molecule has 0 spiro atoms. The Bertz CT molecular complexity index is 577.